The molecule has 0 radical (unpaired) electrons. The number of ether oxygens (including phenoxy) is 1. The van der Waals surface area contributed by atoms with Crippen LogP contribution < -0.4 is 4.74 Å². The van der Waals surface area contributed by atoms with E-state index in [1.807, 2.05) is 0 Å². The Bertz CT molecular complexity index is 2390. The monoisotopic (exact) mass is 574 g/mol. The highest BCUT2D eigenvalue weighted by Gasteiger charge is 2.53. The van der Waals surface area contributed by atoms with E-state index in [0.29, 0.717) is 0 Å². The van der Waals surface area contributed by atoms with E-state index in [1.54, 1.807) is 0 Å². The van der Waals surface area contributed by atoms with E-state index in [0.717, 1.165) is 11.5 Å². The first-order chi connectivity index (χ1) is 22.1. The molecule has 0 fully saturated rings. The summed E-state index contributed by atoms with van der Waals surface area (Å²) >= 11 is 0. The maximum Gasteiger partial charge on any atom is 0.131 e. The van der Waals surface area contributed by atoms with Gasteiger partial charge in [-0.1, -0.05) is 129 Å². The summed E-state index contributed by atoms with van der Waals surface area (Å²) in [7, 11) is 0. The summed E-state index contributed by atoms with van der Waals surface area (Å²) in [6, 6.07) is 54.0. The average molecular weight is 575 g/mol. The molecule has 1 atom stereocenters. The molecule has 3 aliphatic rings. The predicted octanol–water partition coefficient (Wildman–Crippen LogP) is 11.3. The number of benzene rings is 7. The molecule has 0 N–H and O–H groups in total. The quantitative estimate of drug-likeness (QED) is 0.189. The van der Waals surface area contributed by atoms with Crippen LogP contribution in [0.15, 0.2) is 146 Å². The van der Waals surface area contributed by atoms with Gasteiger partial charge in [-0.2, -0.15) is 0 Å². The topological polar surface area (TPSA) is 9.23 Å². The third kappa shape index (κ3) is 3.08. The lowest BCUT2D eigenvalue weighted by atomic mass is 9.68. The number of rotatable bonds is 1. The van der Waals surface area contributed by atoms with Gasteiger partial charge in [-0.3, -0.25) is 0 Å². The second-order valence-electron chi connectivity index (χ2n) is 13.2. The highest BCUT2D eigenvalue weighted by atomic mass is 16.5. The Labute approximate surface area is 263 Å². The molecule has 1 aliphatic heterocycles. The smallest absolute Gasteiger partial charge is 0.131 e. The van der Waals surface area contributed by atoms with E-state index in [9.17, 15) is 0 Å². The fourth-order valence-corrected chi connectivity index (χ4v) is 8.73. The van der Waals surface area contributed by atoms with Crippen molar-refractivity contribution in [3.8, 4) is 44.9 Å². The van der Waals surface area contributed by atoms with Crippen molar-refractivity contribution in [3.05, 3.63) is 179 Å². The summed E-state index contributed by atoms with van der Waals surface area (Å²) in [5.74, 6) is 1.89. The highest BCUT2D eigenvalue weighted by molar-refractivity contribution is 6.02. The summed E-state index contributed by atoms with van der Waals surface area (Å²) in [6.07, 6.45) is 0. The minimum Gasteiger partial charge on any atom is -0.457 e. The zero-order chi connectivity index (χ0) is 29.9. The van der Waals surface area contributed by atoms with E-state index < -0.39 is 5.41 Å². The van der Waals surface area contributed by atoms with Crippen LogP contribution in [-0.2, 0) is 10.8 Å². The lowest BCUT2D eigenvalue weighted by Crippen LogP contribution is -2.27. The molecular weight excluding hydrogens is 544 g/mol. The van der Waals surface area contributed by atoms with E-state index >= 15 is 0 Å². The van der Waals surface area contributed by atoms with Crippen molar-refractivity contribution in [3.63, 3.8) is 0 Å². The molecule has 1 spiro atoms. The minimum absolute atomic E-state index is 0.190. The number of fused-ring (bicyclic) bond motifs is 13. The van der Waals surface area contributed by atoms with Crippen molar-refractivity contribution >= 4 is 10.8 Å². The van der Waals surface area contributed by atoms with Crippen LogP contribution in [0.3, 0.4) is 0 Å². The Morgan fingerprint density at radius 2 is 0.978 bits per heavy atom. The maximum atomic E-state index is 6.47. The van der Waals surface area contributed by atoms with Crippen LogP contribution in [0.4, 0.5) is 0 Å². The molecule has 10 rings (SSSR count). The molecule has 0 aromatic heterocycles. The van der Waals surface area contributed by atoms with Gasteiger partial charge < -0.3 is 4.74 Å². The fraction of sp³-hybridized carbons (Fsp3) is 0.0909. The first kappa shape index (κ1) is 25.0. The van der Waals surface area contributed by atoms with E-state index in [2.05, 4.69) is 159 Å². The number of hydrogen-bond acceptors (Lipinski definition) is 1. The van der Waals surface area contributed by atoms with Crippen LogP contribution in [0.5, 0.6) is 11.5 Å². The van der Waals surface area contributed by atoms with Gasteiger partial charge in [-0.25, -0.2) is 0 Å². The van der Waals surface area contributed by atoms with Crippen LogP contribution in [-0.4, -0.2) is 0 Å². The van der Waals surface area contributed by atoms with Gasteiger partial charge in [0.1, 0.15) is 11.5 Å². The molecule has 1 unspecified atom stereocenters. The third-order valence-electron chi connectivity index (χ3n) is 10.7. The molecule has 1 nitrogen and oxygen atoms in total. The van der Waals surface area contributed by atoms with E-state index in [-0.39, 0.29) is 5.41 Å². The first-order valence-electron chi connectivity index (χ1n) is 15.9. The van der Waals surface area contributed by atoms with E-state index in [4.69, 9.17) is 4.74 Å². The average Bonchev–Trinajstić information content (AvgIpc) is 3.54. The van der Waals surface area contributed by atoms with Gasteiger partial charge in [0.05, 0.1) is 5.41 Å². The summed E-state index contributed by atoms with van der Waals surface area (Å²) in [6.45, 7) is 4.64. The van der Waals surface area contributed by atoms with Crippen molar-refractivity contribution in [1.29, 1.82) is 0 Å². The second kappa shape index (κ2) is 8.61. The molecule has 0 amide bonds. The molecule has 2 aliphatic carbocycles. The van der Waals surface area contributed by atoms with Gasteiger partial charge >= 0.3 is 0 Å². The Morgan fingerprint density at radius 1 is 0.400 bits per heavy atom. The van der Waals surface area contributed by atoms with Gasteiger partial charge in [0.2, 0.25) is 0 Å². The Balaban J connectivity index is 1.30. The van der Waals surface area contributed by atoms with Gasteiger partial charge in [0, 0.05) is 16.5 Å². The molecule has 0 bridgehead atoms. The molecule has 7 aromatic carbocycles. The number of hydrogen-bond donors (Lipinski definition) is 0. The van der Waals surface area contributed by atoms with Crippen LogP contribution >= 0.6 is 0 Å². The van der Waals surface area contributed by atoms with Crippen LogP contribution in [0, 0.1) is 0 Å². The Morgan fingerprint density at radius 3 is 1.76 bits per heavy atom. The van der Waals surface area contributed by atoms with Crippen molar-refractivity contribution in [2.45, 2.75) is 24.7 Å². The summed E-state index contributed by atoms with van der Waals surface area (Å²) in [5.41, 5.74) is 15.1. The molecule has 45 heavy (non-hydrogen) atoms. The Hall–Kier alpha value is -5.40. The summed E-state index contributed by atoms with van der Waals surface area (Å²) in [5, 5.41) is 2.55. The number of para-hydroxylation sites is 1. The lowest BCUT2D eigenvalue weighted by molar-refractivity contribution is 0.418. The molecule has 1 heteroatoms. The largest absolute Gasteiger partial charge is 0.457 e. The first-order valence-corrected chi connectivity index (χ1v) is 15.9. The SMILES string of the molecule is CC1(C)c2ccccc2Oc2ccc(-c3cccc4c3C3(c5ccccc5-c5cc6ccccc6cc53)c3ccccc3-4)cc21. The fourth-order valence-electron chi connectivity index (χ4n) is 8.73. The third-order valence-corrected chi connectivity index (χ3v) is 10.7. The van der Waals surface area contributed by atoms with Gasteiger partial charge in [0.25, 0.3) is 0 Å². The molecule has 0 saturated carbocycles. The standard InChI is InChI=1S/C44H30O/c1-43(2)37-20-9-10-21-40(37)45-41-23-22-29(26-39(41)43)30-16-11-17-33-31-14-5-7-18-35(31)44(42(30)33)36-19-8-6-15-32(36)34-24-27-12-3-4-13-28(27)25-38(34)44/h3-26H,1-2H3. The molecule has 0 saturated heterocycles. The Kier molecular flexibility index (Phi) is 4.78. The lowest BCUT2D eigenvalue weighted by Gasteiger charge is -2.35. The summed E-state index contributed by atoms with van der Waals surface area (Å²) < 4.78 is 6.47. The zero-order valence-corrected chi connectivity index (χ0v) is 25.3. The molecular formula is C44H30O. The van der Waals surface area contributed by atoms with Crippen molar-refractivity contribution in [2.24, 2.45) is 0 Å². The van der Waals surface area contributed by atoms with E-state index in [1.165, 1.54) is 77.5 Å². The van der Waals surface area contributed by atoms with Crippen LogP contribution in [0.25, 0.3) is 44.2 Å². The molecule has 1 heterocycles. The highest BCUT2D eigenvalue weighted by Crippen LogP contribution is 2.65. The van der Waals surface area contributed by atoms with Gasteiger partial charge in [-0.05, 0) is 96.7 Å². The van der Waals surface area contributed by atoms with Crippen molar-refractivity contribution in [1.82, 2.24) is 0 Å². The molecule has 7 aromatic rings. The zero-order valence-electron chi connectivity index (χ0n) is 25.3. The second-order valence-corrected chi connectivity index (χ2v) is 13.2. The van der Waals surface area contributed by atoms with Gasteiger partial charge in [-0.15, -0.1) is 0 Å². The van der Waals surface area contributed by atoms with Crippen LogP contribution in [0.1, 0.15) is 47.2 Å². The summed E-state index contributed by atoms with van der Waals surface area (Å²) in [4.78, 5) is 0. The van der Waals surface area contributed by atoms with Crippen molar-refractivity contribution < 1.29 is 4.74 Å². The molecule has 212 valence electrons. The van der Waals surface area contributed by atoms with Gasteiger partial charge in [0.15, 0.2) is 0 Å². The predicted molar refractivity (Wildman–Crippen MR) is 184 cm³/mol. The van der Waals surface area contributed by atoms with Crippen molar-refractivity contribution in [2.75, 3.05) is 0 Å². The maximum absolute atomic E-state index is 6.47. The minimum atomic E-state index is -0.424. The normalized spacial score (nSPS) is 17.6. The van der Waals surface area contributed by atoms with Crippen LogP contribution in [0.2, 0.25) is 0 Å².